The zero-order chi connectivity index (χ0) is 13.7. The first-order chi connectivity index (χ1) is 9.22. The first-order valence-corrected chi connectivity index (χ1v) is 6.77. The van der Waals surface area contributed by atoms with Gasteiger partial charge in [0.25, 0.3) is 0 Å². The summed E-state index contributed by atoms with van der Waals surface area (Å²) in [6.07, 6.45) is 5.29. The fraction of sp³-hybridized carbons (Fsp3) is 0.467. The first-order valence-electron chi connectivity index (χ1n) is 6.77. The van der Waals surface area contributed by atoms with Crippen LogP contribution in [0, 0.1) is 0 Å². The van der Waals surface area contributed by atoms with Gasteiger partial charge in [0.15, 0.2) is 0 Å². The fourth-order valence-corrected chi connectivity index (χ4v) is 2.29. The highest BCUT2D eigenvalue weighted by atomic mass is 16.6. The average molecular weight is 261 g/mol. The van der Waals surface area contributed by atoms with Crippen molar-refractivity contribution >= 4 is 11.7 Å². The Kier molecular flexibility index (Phi) is 4.55. The zero-order valence-corrected chi connectivity index (χ0v) is 11.1. The van der Waals surface area contributed by atoms with E-state index in [-0.39, 0.29) is 6.10 Å². The maximum absolute atomic E-state index is 11.2. The van der Waals surface area contributed by atoms with E-state index in [1.165, 1.54) is 12.8 Å². The average Bonchev–Trinajstić information content (AvgIpc) is 2.88. The molecule has 2 rings (SSSR count). The lowest BCUT2D eigenvalue weighted by Gasteiger charge is -2.07. The van der Waals surface area contributed by atoms with Gasteiger partial charge in [0.1, 0.15) is 6.10 Å². The molecule has 1 aromatic carbocycles. The maximum atomic E-state index is 11.2. The van der Waals surface area contributed by atoms with Crippen molar-refractivity contribution in [3.63, 3.8) is 0 Å². The van der Waals surface area contributed by atoms with Crippen LogP contribution >= 0.6 is 0 Å². The van der Waals surface area contributed by atoms with E-state index in [0.717, 1.165) is 18.6 Å². The van der Waals surface area contributed by atoms with Gasteiger partial charge in [-0.05, 0) is 18.9 Å². The van der Waals surface area contributed by atoms with Gasteiger partial charge in [-0.3, -0.25) is 0 Å². The molecule has 1 aliphatic heterocycles. The molecular weight excluding hydrogens is 242 g/mol. The van der Waals surface area contributed by atoms with Gasteiger partial charge in [0.05, 0.1) is 11.3 Å². The quantitative estimate of drug-likeness (QED) is 0.798. The largest absolute Gasteiger partial charge is 0.478 e. The van der Waals surface area contributed by atoms with E-state index >= 15 is 0 Å². The van der Waals surface area contributed by atoms with E-state index in [1.54, 1.807) is 18.2 Å². The van der Waals surface area contributed by atoms with Gasteiger partial charge in [-0.2, -0.15) is 0 Å². The van der Waals surface area contributed by atoms with Gasteiger partial charge in [0.2, 0.25) is 0 Å². The van der Waals surface area contributed by atoms with Crippen LogP contribution in [0.5, 0.6) is 0 Å². The third kappa shape index (κ3) is 3.34. The summed E-state index contributed by atoms with van der Waals surface area (Å²) in [7, 11) is 0. The Morgan fingerprint density at radius 2 is 2.21 bits per heavy atom. The van der Waals surface area contributed by atoms with Gasteiger partial charge in [0, 0.05) is 12.0 Å². The molecule has 0 aliphatic carbocycles. The lowest BCUT2D eigenvalue weighted by Crippen LogP contribution is -2.11. The summed E-state index contributed by atoms with van der Waals surface area (Å²) in [5.74, 6) is -0.923. The van der Waals surface area contributed by atoms with Crippen LogP contribution in [0.25, 0.3) is 0 Å². The van der Waals surface area contributed by atoms with Crippen molar-refractivity contribution in [1.29, 1.82) is 0 Å². The molecule has 1 atom stereocenters. The highest BCUT2D eigenvalue weighted by molar-refractivity contribution is 6.08. The molecule has 1 heterocycles. The number of carbonyl (C=O) groups is 1. The van der Waals surface area contributed by atoms with Crippen molar-refractivity contribution in [2.24, 2.45) is 5.16 Å². The Balaban J connectivity index is 2.03. The number of carboxylic acid groups (broad SMARTS) is 1. The number of aromatic carboxylic acids is 1. The second kappa shape index (κ2) is 6.36. The molecule has 0 saturated carbocycles. The molecule has 102 valence electrons. The molecule has 0 saturated heterocycles. The number of oxime groups is 1. The molecule has 19 heavy (non-hydrogen) atoms. The number of unbranched alkanes of at least 4 members (excludes halogenated alkanes) is 2. The van der Waals surface area contributed by atoms with Crippen molar-refractivity contribution in [2.45, 2.75) is 45.1 Å². The molecule has 1 aliphatic rings. The summed E-state index contributed by atoms with van der Waals surface area (Å²) in [5, 5.41) is 13.2. The number of carboxylic acids is 1. The van der Waals surface area contributed by atoms with Crippen LogP contribution in [0.4, 0.5) is 0 Å². The predicted octanol–water partition coefficient (Wildman–Crippen LogP) is 3.46. The Bertz CT molecular complexity index is 482. The molecule has 1 aromatic rings. The van der Waals surface area contributed by atoms with Gasteiger partial charge >= 0.3 is 5.97 Å². The van der Waals surface area contributed by atoms with Crippen LogP contribution in [-0.2, 0) is 4.84 Å². The van der Waals surface area contributed by atoms with E-state index in [2.05, 4.69) is 12.1 Å². The second-order valence-electron chi connectivity index (χ2n) is 4.82. The minimum atomic E-state index is -0.923. The normalized spacial score (nSPS) is 17.9. The number of benzene rings is 1. The minimum absolute atomic E-state index is 0.100. The van der Waals surface area contributed by atoms with Crippen molar-refractivity contribution in [3.8, 4) is 0 Å². The maximum Gasteiger partial charge on any atom is 0.336 e. The standard InChI is InChI=1S/C15H19NO3/c1-2-3-4-7-11-10-14(16-19-11)12-8-5-6-9-13(12)15(17)18/h5-6,8-9,11H,2-4,7,10H2,1H3,(H,17,18). The highest BCUT2D eigenvalue weighted by Crippen LogP contribution is 2.22. The molecule has 4 heteroatoms. The van der Waals surface area contributed by atoms with Crippen molar-refractivity contribution < 1.29 is 14.7 Å². The van der Waals surface area contributed by atoms with Gasteiger partial charge in [-0.15, -0.1) is 0 Å². The van der Waals surface area contributed by atoms with Crippen LogP contribution in [0.15, 0.2) is 29.4 Å². The fourth-order valence-electron chi connectivity index (χ4n) is 2.29. The van der Waals surface area contributed by atoms with Crippen molar-refractivity contribution in [1.82, 2.24) is 0 Å². The zero-order valence-electron chi connectivity index (χ0n) is 11.1. The van der Waals surface area contributed by atoms with Crippen LogP contribution in [0.3, 0.4) is 0 Å². The molecule has 0 spiro atoms. The van der Waals surface area contributed by atoms with Gasteiger partial charge in [-0.1, -0.05) is 43.1 Å². The minimum Gasteiger partial charge on any atom is -0.478 e. The van der Waals surface area contributed by atoms with Crippen molar-refractivity contribution in [3.05, 3.63) is 35.4 Å². The number of nitrogens with zero attached hydrogens (tertiary/aromatic N) is 1. The van der Waals surface area contributed by atoms with Crippen LogP contribution < -0.4 is 0 Å². The summed E-state index contributed by atoms with van der Waals surface area (Å²) in [6.45, 7) is 2.17. The van der Waals surface area contributed by atoms with Crippen LogP contribution in [0.1, 0.15) is 54.9 Å². The molecule has 1 unspecified atom stereocenters. The van der Waals surface area contributed by atoms with E-state index in [9.17, 15) is 4.79 Å². The Labute approximate surface area is 113 Å². The molecular formula is C15H19NO3. The van der Waals surface area contributed by atoms with E-state index in [1.807, 2.05) is 6.07 Å². The summed E-state index contributed by atoms with van der Waals surface area (Å²) in [6, 6.07) is 6.95. The molecule has 1 N–H and O–H groups in total. The highest BCUT2D eigenvalue weighted by Gasteiger charge is 2.24. The molecule has 0 amide bonds. The SMILES string of the molecule is CCCCCC1CC(c2ccccc2C(=O)O)=NO1. The molecule has 0 aromatic heterocycles. The van der Waals surface area contributed by atoms with E-state index in [4.69, 9.17) is 9.94 Å². The summed E-state index contributed by atoms with van der Waals surface area (Å²) in [4.78, 5) is 16.6. The van der Waals surface area contributed by atoms with Gasteiger partial charge in [-0.25, -0.2) is 4.79 Å². The molecule has 0 bridgehead atoms. The number of hydrogen-bond donors (Lipinski definition) is 1. The summed E-state index contributed by atoms with van der Waals surface area (Å²) < 4.78 is 0. The first kappa shape index (κ1) is 13.6. The van der Waals surface area contributed by atoms with Crippen LogP contribution in [-0.4, -0.2) is 22.9 Å². The topological polar surface area (TPSA) is 58.9 Å². The predicted molar refractivity (Wildman–Crippen MR) is 73.6 cm³/mol. The van der Waals surface area contributed by atoms with Crippen LogP contribution in [0.2, 0.25) is 0 Å². The molecule has 4 nitrogen and oxygen atoms in total. The molecule has 0 radical (unpaired) electrons. The Morgan fingerprint density at radius 1 is 1.42 bits per heavy atom. The van der Waals surface area contributed by atoms with E-state index in [0.29, 0.717) is 17.5 Å². The van der Waals surface area contributed by atoms with Crippen molar-refractivity contribution in [2.75, 3.05) is 0 Å². The Hall–Kier alpha value is -1.84. The third-order valence-corrected chi connectivity index (χ3v) is 3.33. The molecule has 0 fully saturated rings. The van der Waals surface area contributed by atoms with Gasteiger partial charge < -0.3 is 9.94 Å². The number of rotatable bonds is 6. The Morgan fingerprint density at radius 3 is 2.95 bits per heavy atom. The van der Waals surface area contributed by atoms with E-state index < -0.39 is 5.97 Å². The smallest absolute Gasteiger partial charge is 0.336 e. The number of hydrogen-bond acceptors (Lipinski definition) is 3. The monoisotopic (exact) mass is 261 g/mol. The summed E-state index contributed by atoms with van der Waals surface area (Å²) in [5.41, 5.74) is 1.71. The summed E-state index contributed by atoms with van der Waals surface area (Å²) >= 11 is 0. The third-order valence-electron chi connectivity index (χ3n) is 3.33. The second-order valence-corrected chi connectivity index (χ2v) is 4.82. The lowest BCUT2D eigenvalue weighted by molar-refractivity contribution is 0.0696. The lowest BCUT2D eigenvalue weighted by atomic mass is 9.98.